The van der Waals surface area contributed by atoms with E-state index >= 15 is 0 Å². The van der Waals surface area contributed by atoms with Crippen molar-refractivity contribution in [3.8, 4) is 0 Å². The van der Waals surface area contributed by atoms with E-state index in [4.69, 9.17) is 4.74 Å². The molecule has 1 amide bonds. The number of carbonyl (C=O) groups is 1. The highest BCUT2D eigenvalue weighted by Crippen LogP contribution is 2.28. The third-order valence-electron chi connectivity index (χ3n) is 3.83. The summed E-state index contributed by atoms with van der Waals surface area (Å²) in [5.74, 6) is -0.117. The first kappa shape index (κ1) is 17.5. The van der Waals surface area contributed by atoms with E-state index in [9.17, 15) is 4.79 Å². The lowest BCUT2D eigenvalue weighted by Crippen LogP contribution is -2.28. The molecule has 5 heteroatoms. The van der Waals surface area contributed by atoms with E-state index < -0.39 is 6.10 Å². The summed E-state index contributed by atoms with van der Waals surface area (Å²) >= 11 is 0. The molecule has 2 aromatic carbocycles. The Morgan fingerprint density at radius 1 is 1.17 bits per heavy atom. The third kappa shape index (κ3) is 4.10. The summed E-state index contributed by atoms with van der Waals surface area (Å²) in [6.45, 7) is 1.39. The van der Waals surface area contributed by atoms with Crippen molar-refractivity contribution in [1.82, 2.24) is 5.32 Å². The number of hydrogen-bond acceptors (Lipinski definition) is 3. The average Bonchev–Trinajstić information content (AvgIpc) is 2.56. The zero-order valence-electron chi connectivity index (χ0n) is 13.0. The second kappa shape index (κ2) is 8.11. The molecule has 0 bridgehead atoms. The second-order valence-electron chi connectivity index (χ2n) is 5.42. The first-order valence-electron chi connectivity index (χ1n) is 7.52. The Morgan fingerprint density at radius 2 is 1.91 bits per heavy atom. The Balaban J connectivity index is 0.00000192. The van der Waals surface area contributed by atoms with E-state index in [0.29, 0.717) is 6.61 Å². The smallest absolute Gasteiger partial charge is 0.258 e. The van der Waals surface area contributed by atoms with Crippen LogP contribution in [0.5, 0.6) is 0 Å². The maximum Gasteiger partial charge on any atom is 0.258 e. The molecule has 2 N–H and O–H groups in total. The monoisotopic (exact) mass is 332 g/mol. The Morgan fingerprint density at radius 3 is 2.65 bits per heavy atom. The lowest BCUT2D eigenvalue weighted by Gasteiger charge is -2.25. The summed E-state index contributed by atoms with van der Waals surface area (Å²) in [5, 5.41) is 6.04. The van der Waals surface area contributed by atoms with Crippen LogP contribution < -0.4 is 10.6 Å². The van der Waals surface area contributed by atoms with E-state index in [1.807, 2.05) is 49.5 Å². The van der Waals surface area contributed by atoms with Gasteiger partial charge in [0.05, 0.1) is 6.61 Å². The van der Waals surface area contributed by atoms with Crippen LogP contribution in [-0.2, 0) is 22.5 Å². The molecular formula is C18H21ClN2O2. The SMILES string of the molecule is CNCc1ccc(NC(=O)C2OCCc3ccccc32)cc1.Cl. The number of anilines is 1. The van der Waals surface area contributed by atoms with E-state index in [1.165, 1.54) is 11.1 Å². The molecule has 2 aromatic rings. The molecule has 1 aliphatic rings. The van der Waals surface area contributed by atoms with Crippen molar-refractivity contribution in [2.75, 3.05) is 19.0 Å². The molecule has 0 spiro atoms. The lowest BCUT2D eigenvalue weighted by atomic mass is 9.97. The number of nitrogens with one attached hydrogen (secondary N) is 2. The summed E-state index contributed by atoms with van der Waals surface area (Å²) in [6.07, 6.45) is 0.334. The average molecular weight is 333 g/mol. The van der Waals surface area contributed by atoms with Gasteiger partial charge in [-0.15, -0.1) is 12.4 Å². The molecule has 1 heterocycles. The van der Waals surface area contributed by atoms with Crippen LogP contribution in [0, 0.1) is 0 Å². The van der Waals surface area contributed by atoms with Gasteiger partial charge in [0.2, 0.25) is 0 Å². The Labute approximate surface area is 142 Å². The first-order chi connectivity index (χ1) is 10.8. The fourth-order valence-corrected chi connectivity index (χ4v) is 2.73. The molecule has 0 saturated carbocycles. The second-order valence-corrected chi connectivity index (χ2v) is 5.42. The molecule has 0 radical (unpaired) electrons. The number of halogens is 1. The minimum atomic E-state index is -0.526. The molecule has 1 aliphatic heterocycles. The quantitative estimate of drug-likeness (QED) is 0.904. The lowest BCUT2D eigenvalue weighted by molar-refractivity contribution is -0.128. The number of rotatable bonds is 4. The fraction of sp³-hybridized carbons (Fsp3) is 0.278. The molecule has 23 heavy (non-hydrogen) atoms. The zero-order valence-corrected chi connectivity index (χ0v) is 13.9. The van der Waals surface area contributed by atoms with Gasteiger partial charge in [0.25, 0.3) is 5.91 Å². The molecule has 3 rings (SSSR count). The van der Waals surface area contributed by atoms with E-state index in [2.05, 4.69) is 16.7 Å². The van der Waals surface area contributed by atoms with Crippen LogP contribution in [0.15, 0.2) is 48.5 Å². The number of amides is 1. The number of hydrogen-bond donors (Lipinski definition) is 2. The number of benzene rings is 2. The van der Waals surface area contributed by atoms with Crippen LogP contribution in [0.25, 0.3) is 0 Å². The van der Waals surface area contributed by atoms with Crippen LogP contribution in [-0.4, -0.2) is 19.6 Å². The number of carbonyl (C=O) groups excluding carboxylic acids is 1. The molecule has 1 atom stereocenters. The normalized spacial score (nSPS) is 16.1. The summed E-state index contributed by atoms with van der Waals surface area (Å²) < 4.78 is 5.68. The van der Waals surface area contributed by atoms with Gasteiger partial charge in [0, 0.05) is 12.2 Å². The van der Waals surface area contributed by atoms with Crippen LogP contribution >= 0.6 is 12.4 Å². The largest absolute Gasteiger partial charge is 0.363 e. The fourth-order valence-electron chi connectivity index (χ4n) is 2.73. The van der Waals surface area contributed by atoms with Crippen molar-refractivity contribution in [3.63, 3.8) is 0 Å². The predicted molar refractivity (Wildman–Crippen MR) is 93.9 cm³/mol. The highest BCUT2D eigenvalue weighted by Gasteiger charge is 2.27. The maximum atomic E-state index is 12.5. The molecule has 0 saturated heterocycles. The van der Waals surface area contributed by atoms with Gasteiger partial charge in [-0.3, -0.25) is 4.79 Å². The minimum absolute atomic E-state index is 0. The molecule has 4 nitrogen and oxygen atoms in total. The summed E-state index contributed by atoms with van der Waals surface area (Å²) in [4.78, 5) is 12.5. The Hall–Kier alpha value is -1.88. The van der Waals surface area contributed by atoms with Gasteiger partial charge in [-0.05, 0) is 42.3 Å². The van der Waals surface area contributed by atoms with Gasteiger partial charge in [0.15, 0.2) is 6.10 Å². The van der Waals surface area contributed by atoms with Gasteiger partial charge >= 0.3 is 0 Å². The van der Waals surface area contributed by atoms with Gasteiger partial charge in [-0.1, -0.05) is 36.4 Å². The standard InChI is InChI=1S/C18H20N2O2.ClH/c1-19-12-13-6-8-15(9-7-13)20-18(21)17-16-5-3-2-4-14(16)10-11-22-17;/h2-9,17,19H,10-12H2,1H3,(H,20,21);1H. The summed E-state index contributed by atoms with van der Waals surface area (Å²) in [6, 6.07) is 15.8. The van der Waals surface area contributed by atoms with Crippen molar-refractivity contribution in [1.29, 1.82) is 0 Å². The topological polar surface area (TPSA) is 50.4 Å². The van der Waals surface area contributed by atoms with E-state index in [0.717, 1.165) is 24.2 Å². The molecule has 0 aromatic heterocycles. The zero-order chi connectivity index (χ0) is 15.4. The number of fused-ring (bicyclic) bond motifs is 1. The molecule has 1 unspecified atom stereocenters. The molecule has 122 valence electrons. The van der Waals surface area contributed by atoms with E-state index in [-0.39, 0.29) is 18.3 Å². The minimum Gasteiger partial charge on any atom is -0.363 e. The van der Waals surface area contributed by atoms with Crippen LogP contribution in [0.1, 0.15) is 22.8 Å². The van der Waals surface area contributed by atoms with Crippen molar-refractivity contribution < 1.29 is 9.53 Å². The van der Waals surface area contributed by atoms with E-state index in [1.54, 1.807) is 0 Å². The maximum absolute atomic E-state index is 12.5. The van der Waals surface area contributed by atoms with Crippen molar-refractivity contribution in [3.05, 3.63) is 65.2 Å². The molecule has 0 fully saturated rings. The number of ether oxygens (including phenoxy) is 1. The predicted octanol–water partition coefficient (Wildman–Crippen LogP) is 3.08. The Kier molecular flexibility index (Phi) is 6.16. The van der Waals surface area contributed by atoms with Crippen LogP contribution in [0.3, 0.4) is 0 Å². The van der Waals surface area contributed by atoms with Gasteiger partial charge in [0.1, 0.15) is 0 Å². The third-order valence-corrected chi connectivity index (χ3v) is 3.83. The summed E-state index contributed by atoms with van der Waals surface area (Å²) in [5.41, 5.74) is 4.13. The molecular weight excluding hydrogens is 312 g/mol. The van der Waals surface area contributed by atoms with Crippen molar-refractivity contribution >= 4 is 24.0 Å². The van der Waals surface area contributed by atoms with Gasteiger partial charge < -0.3 is 15.4 Å². The summed E-state index contributed by atoms with van der Waals surface area (Å²) in [7, 11) is 1.91. The van der Waals surface area contributed by atoms with Gasteiger partial charge in [-0.25, -0.2) is 0 Å². The highest BCUT2D eigenvalue weighted by atomic mass is 35.5. The Bertz CT molecular complexity index is 658. The highest BCUT2D eigenvalue weighted by molar-refractivity contribution is 5.95. The van der Waals surface area contributed by atoms with Crippen LogP contribution in [0.4, 0.5) is 5.69 Å². The molecule has 0 aliphatic carbocycles. The van der Waals surface area contributed by atoms with Crippen molar-refractivity contribution in [2.24, 2.45) is 0 Å². The van der Waals surface area contributed by atoms with Crippen LogP contribution in [0.2, 0.25) is 0 Å². The van der Waals surface area contributed by atoms with Gasteiger partial charge in [-0.2, -0.15) is 0 Å². The van der Waals surface area contributed by atoms with Crippen molar-refractivity contribution in [2.45, 2.75) is 19.1 Å². The first-order valence-corrected chi connectivity index (χ1v) is 7.52.